The number of likely N-dealkylation sites (tertiary alicyclic amines) is 2. The minimum atomic E-state index is -0.00150. The molecule has 2 saturated heterocycles. The van der Waals surface area contributed by atoms with Crippen molar-refractivity contribution in [2.24, 2.45) is 5.92 Å². The lowest BCUT2D eigenvalue weighted by Gasteiger charge is -2.58. The average Bonchev–Trinajstić information content (AvgIpc) is 3.05. The monoisotopic (exact) mass is 355 g/mol. The molecule has 0 unspecified atom stereocenters. The molecular formula is C20H25N3O3. The molecule has 138 valence electrons. The van der Waals surface area contributed by atoms with Crippen molar-refractivity contribution in [1.29, 1.82) is 0 Å². The number of aryl methyl sites for hydroxylation is 1. The molecule has 0 aliphatic carbocycles. The van der Waals surface area contributed by atoms with Gasteiger partial charge in [-0.15, -0.1) is 0 Å². The van der Waals surface area contributed by atoms with E-state index >= 15 is 0 Å². The minimum absolute atomic E-state index is 0.00150. The fourth-order valence-electron chi connectivity index (χ4n) is 4.10. The molecule has 2 aliphatic rings. The summed E-state index contributed by atoms with van der Waals surface area (Å²) < 4.78 is 11.2. The normalized spacial score (nSPS) is 22.2. The Bertz CT molecular complexity index is 768. The first-order valence-electron chi connectivity index (χ1n) is 9.16. The molecule has 4 heterocycles. The third-order valence-electron chi connectivity index (χ3n) is 5.77. The zero-order valence-electron chi connectivity index (χ0n) is 15.4. The smallest absolute Gasteiger partial charge is 0.289 e. The number of nitrogens with zero attached hydrogens (tertiary/aromatic N) is 3. The van der Waals surface area contributed by atoms with Gasteiger partial charge in [-0.2, -0.15) is 0 Å². The molecule has 2 aromatic heterocycles. The SMILES string of the molecule is Cc1ccoc1C(=O)N1CC2(C[C@H](COc3ccccn3)CCN2C)C1. The summed E-state index contributed by atoms with van der Waals surface area (Å²) in [5.41, 5.74) is 0.960. The van der Waals surface area contributed by atoms with E-state index in [0.717, 1.165) is 38.0 Å². The van der Waals surface area contributed by atoms with Gasteiger partial charge in [0.05, 0.1) is 18.4 Å². The van der Waals surface area contributed by atoms with Gasteiger partial charge in [-0.3, -0.25) is 9.69 Å². The summed E-state index contributed by atoms with van der Waals surface area (Å²) in [5.74, 6) is 1.63. The Hall–Kier alpha value is -2.34. The van der Waals surface area contributed by atoms with E-state index in [-0.39, 0.29) is 11.4 Å². The number of aromatic nitrogens is 1. The molecule has 2 aliphatic heterocycles. The van der Waals surface area contributed by atoms with Crippen LogP contribution in [0.4, 0.5) is 0 Å². The topological polar surface area (TPSA) is 58.8 Å². The maximum absolute atomic E-state index is 12.6. The van der Waals surface area contributed by atoms with E-state index in [1.807, 2.05) is 36.1 Å². The van der Waals surface area contributed by atoms with Gasteiger partial charge in [-0.05, 0) is 51.4 Å². The first kappa shape index (κ1) is 17.1. The van der Waals surface area contributed by atoms with Crippen molar-refractivity contribution in [2.75, 3.05) is 33.3 Å². The van der Waals surface area contributed by atoms with Gasteiger partial charge in [0.15, 0.2) is 5.76 Å². The van der Waals surface area contributed by atoms with Crippen LogP contribution in [0.15, 0.2) is 41.1 Å². The van der Waals surface area contributed by atoms with E-state index in [2.05, 4.69) is 16.9 Å². The molecule has 0 saturated carbocycles. The lowest BCUT2D eigenvalue weighted by atomic mass is 9.75. The Morgan fingerprint density at radius 3 is 2.92 bits per heavy atom. The van der Waals surface area contributed by atoms with Gasteiger partial charge in [0, 0.05) is 30.9 Å². The first-order chi connectivity index (χ1) is 12.6. The number of furan rings is 1. The molecule has 26 heavy (non-hydrogen) atoms. The second kappa shape index (κ2) is 6.76. The Balaban J connectivity index is 1.36. The maximum Gasteiger partial charge on any atom is 0.289 e. The summed E-state index contributed by atoms with van der Waals surface area (Å²) in [5, 5.41) is 0. The van der Waals surface area contributed by atoms with Gasteiger partial charge in [0.25, 0.3) is 5.91 Å². The standard InChI is InChI=1S/C20H25N3O3/c1-15-7-10-25-18(15)19(24)23-13-20(14-23)11-16(6-9-22(20)2)12-26-17-5-3-4-8-21-17/h3-5,7-8,10,16H,6,9,11-14H2,1-2H3/t16-/m1/s1. The fourth-order valence-corrected chi connectivity index (χ4v) is 4.10. The van der Waals surface area contributed by atoms with Crippen LogP contribution in [-0.4, -0.2) is 59.5 Å². The van der Waals surface area contributed by atoms with E-state index in [1.165, 1.54) is 0 Å². The Kier molecular flexibility index (Phi) is 4.44. The van der Waals surface area contributed by atoms with Gasteiger partial charge in [-0.1, -0.05) is 6.07 Å². The van der Waals surface area contributed by atoms with E-state index in [4.69, 9.17) is 9.15 Å². The van der Waals surface area contributed by atoms with Crippen molar-refractivity contribution < 1.29 is 13.9 Å². The van der Waals surface area contributed by atoms with Gasteiger partial charge < -0.3 is 14.1 Å². The number of pyridine rings is 1. The van der Waals surface area contributed by atoms with Crippen molar-refractivity contribution in [1.82, 2.24) is 14.8 Å². The number of amides is 1. The molecule has 0 radical (unpaired) electrons. The van der Waals surface area contributed by atoms with Crippen LogP contribution in [0.3, 0.4) is 0 Å². The summed E-state index contributed by atoms with van der Waals surface area (Å²) in [6.07, 6.45) is 5.47. The van der Waals surface area contributed by atoms with E-state index < -0.39 is 0 Å². The predicted octanol–water partition coefficient (Wildman–Crippen LogP) is 2.60. The molecular weight excluding hydrogens is 330 g/mol. The number of rotatable bonds is 4. The average molecular weight is 355 g/mol. The van der Waals surface area contributed by atoms with Crippen LogP contribution in [0, 0.1) is 12.8 Å². The van der Waals surface area contributed by atoms with Crippen molar-refractivity contribution in [3.63, 3.8) is 0 Å². The van der Waals surface area contributed by atoms with Gasteiger partial charge >= 0.3 is 0 Å². The zero-order valence-corrected chi connectivity index (χ0v) is 15.4. The highest BCUT2D eigenvalue weighted by atomic mass is 16.5. The summed E-state index contributed by atoms with van der Waals surface area (Å²) in [4.78, 5) is 21.1. The third-order valence-corrected chi connectivity index (χ3v) is 5.77. The largest absolute Gasteiger partial charge is 0.477 e. The number of hydrogen-bond donors (Lipinski definition) is 0. The first-order valence-corrected chi connectivity index (χ1v) is 9.16. The number of carbonyl (C=O) groups excluding carboxylic acids is 1. The second-order valence-electron chi connectivity index (χ2n) is 7.58. The van der Waals surface area contributed by atoms with Gasteiger partial charge in [0.1, 0.15) is 0 Å². The second-order valence-corrected chi connectivity index (χ2v) is 7.58. The van der Waals surface area contributed by atoms with Crippen LogP contribution >= 0.6 is 0 Å². The third kappa shape index (κ3) is 3.09. The maximum atomic E-state index is 12.6. The number of hydrogen-bond acceptors (Lipinski definition) is 5. The predicted molar refractivity (Wildman–Crippen MR) is 97.2 cm³/mol. The minimum Gasteiger partial charge on any atom is -0.477 e. The van der Waals surface area contributed by atoms with Crippen LogP contribution in [0.2, 0.25) is 0 Å². The molecule has 2 fully saturated rings. The van der Waals surface area contributed by atoms with E-state index in [1.54, 1.807) is 12.5 Å². The van der Waals surface area contributed by atoms with Crippen LogP contribution in [0.25, 0.3) is 0 Å². The van der Waals surface area contributed by atoms with Crippen molar-refractivity contribution in [3.05, 3.63) is 48.0 Å². The lowest BCUT2D eigenvalue weighted by Crippen LogP contribution is -2.72. The summed E-state index contributed by atoms with van der Waals surface area (Å²) >= 11 is 0. The molecule has 0 N–H and O–H groups in total. The molecule has 4 rings (SSSR count). The Labute approximate surface area is 153 Å². The molecule has 0 aromatic carbocycles. The quantitative estimate of drug-likeness (QED) is 0.844. The van der Waals surface area contributed by atoms with Crippen LogP contribution < -0.4 is 4.74 Å². The van der Waals surface area contributed by atoms with Gasteiger partial charge in [-0.25, -0.2) is 4.98 Å². The van der Waals surface area contributed by atoms with Gasteiger partial charge in [0.2, 0.25) is 5.88 Å². The van der Waals surface area contributed by atoms with E-state index in [9.17, 15) is 4.79 Å². The molecule has 1 spiro atoms. The number of likely N-dealkylation sites (N-methyl/N-ethyl adjacent to an activating group) is 1. The summed E-state index contributed by atoms with van der Waals surface area (Å²) in [7, 11) is 2.16. The summed E-state index contributed by atoms with van der Waals surface area (Å²) in [6.45, 7) is 5.12. The van der Waals surface area contributed by atoms with Crippen molar-refractivity contribution >= 4 is 5.91 Å². The zero-order chi connectivity index (χ0) is 18.1. The molecule has 6 heteroatoms. The fraction of sp³-hybridized carbons (Fsp3) is 0.500. The van der Waals surface area contributed by atoms with E-state index in [0.29, 0.717) is 24.2 Å². The van der Waals surface area contributed by atoms with Crippen molar-refractivity contribution in [3.8, 4) is 5.88 Å². The lowest BCUT2D eigenvalue weighted by molar-refractivity contribution is -0.0703. The van der Waals surface area contributed by atoms with Crippen LogP contribution in [0.1, 0.15) is 29.0 Å². The van der Waals surface area contributed by atoms with Crippen LogP contribution in [0.5, 0.6) is 5.88 Å². The molecule has 1 amide bonds. The highest BCUT2D eigenvalue weighted by Gasteiger charge is 2.51. The summed E-state index contributed by atoms with van der Waals surface area (Å²) in [6, 6.07) is 7.54. The number of piperidine rings is 1. The molecule has 6 nitrogen and oxygen atoms in total. The molecule has 0 bridgehead atoms. The molecule has 1 atom stereocenters. The van der Waals surface area contributed by atoms with Crippen molar-refractivity contribution in [2.45, 2.75) is 25.3 Å². The molecule has 2 aromatic rings. The Morgan fingerprint density at radius 2 is 2.23 bits per heavy atom. The Morgan fingerprint density at radius 1 is 1.38 bits per heavy atom. The van der Waals surface area contributed by atoms with Crippen LogP contribution in [-0.2, 0) is 0 Å². The number of carbonyl (C=O) groups is 1. The highest BCUT2D eigenvalue weighted by molar-refractivity contribution is 5.93. The highest BCUT2D eigenvalue weighted by Crippen LogP contribution is 2.39. The number of ether oxygens (including phenoxy) is 1.